The van der Waals surface area contributed by atoms with Gasteiger partial charge in [-0.3, -0.25) is 0 Å². The summed E-state index contributed by atoms with van der Waals surface area (Å²) in [5.41, 5.74) is 2.20. The second-order valence-electron chi connectivity index (χ2n) is 6.49. The van der Waals surface area contributed by atoms with Gasteiger partial charge in [-0.2, -0.15) is 0 Å². The third-order valence-electron chi connectivity index (χ3n) is 4.23. The van der Waals surface area contributed by atoms with Gasteiger partial charge in [-0.05, 0) is 38.1 Å². The number of anilines is 1. The molecule has 0 saturated carbocycles. The minimum absolute atomic E-state index is 0.00275. The number of hydrogen-bond donors (Lipinski definition) is 2. The molecule has 2 aromatic heterocycles. The van der Waals surface area contributed by atoms with Crippen molar-refractivity contribution in [3.8, 4) is 0 Å². The zero-order valence-corrected chi connectivity index (χ0v) is 15.6. The summed E-state index contributed by atoms with van der Waals surface area (Å²) in [7, 11) is 0. The molecule has 2 amide bonds. The lowest BCUT2D eigenvalue weighted by molar-refractivity contribution is 0.197. The van der Waals surface area contributed by atoms with E-state index in [0.717, 1.165) is 42.9 Å². The molecule has 6 nitrogen and oxygen atoms in total. The fourth-order valence-corrected chi connectivity index (χ4v) is 3.69. The van der Waals surface area contributed by atoms with Gasteiger partial charge in [-0.15, -0.1) is 11.3 Å². The summed E-state index contributed by atoms with van der Waals surface area (Å²) in [5.74, 6) is 0.910. The Morgan fingerprint density at radius 1 is 1.32 bits per heavy atom. The molecule has 0 saturated heterocycles. The topological polar surface area (TPSA) is 70.2 Å². The van der Waals surface area contributed by atoms with Crippen molar-refractivity contribution < 1.29 is 4.79 Å². The van der Waals surface area contributed by atoms with Gasteiger partial charge in [0.1, 0.15) is 12.1 Å². The molecule has 0 aromatic carbocycles. The molecule has 134 valence electrons. The Hall–Kier alpha value is -2.15. The van der Waals surface area contributed by atoms with Crippen LogP contribution in [0.25, 0.3) is 0 Å². The van der Waals surface area contributed by atoms with Crippen LogP contribution in [-0.4, -0.2) is 46.6 Å². The van der Waals surface area contributed by atoms with Gasteiger partial charge in [-0.25, -0.2) is 14.8 Å². The smallest absolute Gasteiger partial charge is 0.317 e. The van der Waals surface area contributed by atoms with E-state index in [1.807, 2.05) is 18.7 Å². The maximum Gasteiger partial charge on any atom is 0.317 e. The van der Waals surface area contributed by atoms with Crippen LogP contribution in [0.1, 0.15) is 30.0 Å². The first-order valence-corrected chi connectivity index (χ1v) is 9.66. The van der Waals surface area contributed by atoms with Crippen molar-refractivity contribution in [3.63, 3.8) is 0 Å². The number of aromatic nitrogens is 2. The Labute approximate surface area is 152 Å². The number of nitrogens with zero attached hydrogens (tertiary/aromatic N) is 3. The largest absolute Gasteiger partial charge is 0.369 e. The van der Waals surface area contributed by atoms with Gasteiger partial charge in [0.2, 0.25) is 0 Å². The normalized spacial score (nSPS) is 14.1. The van der Waals surface area contributed by atoms with Crippen LogP contribution in [0.5, 0.6) is 0 Å². The SMILES string of the molecule is CC(C)NC(=O)N1CCc2ncnc(NCCc3cccs3)c2CC1. The molecule has 3 heterocycles. The average Bonchev–Trinajstić information content (AvgIpc) is 2.99. The first kappa shape index (κ1) is 17.7. The highest BCUT2D eigenvalue weighted by molar-refractivity contribution is 7.09. The molecule has 0 spiro atoms. The van der Waals surface area contributed by atoms with E-state index in [2.05, 4.69) is 38.1 Å². The number of carbonyl (C=O) groups is 1. The summed E-state index contributed by atoms with van der Waals surface area (Å²) < 4.78 is 0. The minimum atomic E-state index is 0.00275. The summed E-state index contributed by atoms with van der Waals surface area (Å²) >= 11 is 1.77. The third kappa shape index (κ3) is 4.69. The highest BCUT2D eigenvalue weighted by Gasteiger charge is 2.21. The monoisotopic (exact) mass is 359 g/mol. The number of urea groups is 1. The lowest BCUT2D eigenvalue weighted by Crippen LogP contribution is -2.44. The number of nitrogens with one attached hydrogen (secondary N) is 2. The minimum Gasteiger partial charge on any atom is -0.369 e. The van der Waals surface area contributed by atoms with Crippen molar-refractivity contribution in [2.24, 2.45) is 0 Å². The summed E-state index contributed by atoms with van der Waals surface area (Å²) in [4.78, 5) is 24.4. The van der Waals surface area contributed by atoms with Crippen LogP contribution in [0.15, 0.2) is 23.8 Å². The predicted molar refractivity (Wildman–Crippen MR) is 101 cm³/mol. The van der Waals surface area contributed by atoms with Crippen LogP contribution in [0.3, 0.4) is 0 Å². The van der Waals surface area contributed by atoms with Crippen molar-refractivity contribution in [2.75, 3.05) is 25.0 Å². The second-order valence-corrected chi connectivity index (χ2v) is 7.53. The first-order chi connectivity index (χ1) is 12.1. The predicted octanol–water partition coefficient (Wildman–Crippen LogP) is 2.71. The van der Waals surface area contributed by atoms with E-state index >= 15 is 0 Å². The Morgan fingerprint density at radius 2 is 2.16 bits per heavy atom. The van der Waals surface area contributed by atoms with Crippen LogP contribution in [0.2, 0.25) is 0 Å². The molecule has 7 heteroatoms. The van der Waals surface area contributed by atoms with E-state index in [1.54, 1.807) is 17.7 Å². The van der Waals surface area contributed by atoms with Crippen molar-refractivity contribution in [3.05, 3.63) is 40.0 Å². The fourth-order valence-electron chi connectivity index (χ4n) is 2.98. The Bertz CT molecular complexity index is 701. The van der Waals surface area contributed by atoms with E-state index in [9.17, 15) is 4.79 Å². The molecule has 1 aliphatic rings. The third-order valence-corrected chi connectivity index (χ3v) is 5.16. The lowest BCUT2D eigenvalue weighted by atomic mass is 10.1. The van der Waals surface area contributed by atoms with Gasteiger partial charge >= 0.3 is 6.03 Å². The van der Waals surface area contributed by atoms with E-state index in [0.29, 0.717) is 13.1 Å². The molecule has 25 heavy (non-hydrogen) atoms. The lowest BCUT2D eigenvalue weighted by Gasteiger charge is -2.22. The van der Waals surface area contributed by atoms with Gasteiger partial charge in [0.25, 0.3) is 0 Å². The number of fused-ring (bicyclic) bond motifs is 1. The van der Waals surface area contributed by atoms with Crippen molar-refractivity contribution in [1.29, 1.82) is 0 Å². The average molecular weight is 359 g/mol. The van der Waals surface area contributed by atoms with Crippen LogP contribution < -0.4 is 10.6 Å². The van der Waals surface area contributed by atoms with Crippen LogP contribution in [-0.2, 0) is 19.3 Å². The van der Waals surface area contributed by atoms with Gasteiger partial charge < -0.3 is 15.5 Å². The summed E-state index contributed by atoms with van der Waals surface area (Å²) in [6.07, 6.45) is 4.15. The number of rotatable bonds is 5. The van der Waals surface area contributed by atoms with Gasteiger partial charge in [0.05, 0.1) is 5.69 Å². The van der Waals surface area contributed by atoms with E-state index < -0.39 is 0 Å². The Kier molecular flexibility index (Phi) is 5.86. The molecular weight excluding hydrogens is 334 g/mol. The van der Waals surface area contributed by atoms with Gasteiger partial charge in [-0.1, -0.05) is 6.07 Å². The standard InChI is InChI=1S/C18H25N5OS/c1-13(2)22-18(24)23-9-6-15-16(7-10-23)20-12-21-17(15)19-8-5-14-4-3-11-25-14/h3-4,11-13H,5-10H2,1-2H3,(H,22,24)(H,19,20,21). The van der Waals surface area contributed by atoms with E-state index in [4.69, 9.17) is 0 Å². The first-order valence-electron chi connectivity index (χ1n) is 8.78. The number of thiophene rings is 1. The highest BCUT2D eigenvalue weighted by atomic mass is 32.1. The molecule has 2 aromatic rings. The zero-order valence-electron chi connectivity index (χ0n) is 14.8. The van der Waals surface area contributed by atoms with Gasteiger partial charge in [0, 0.05) is 42.5 Å². The number of amides is 2. The fraction of sp³-hybridized carbons (Fsp3) is 0.500. The van der Waals surface area contributed by atoms with E-state index in [-0.39, 0.29) is 12.1 Å². The van der Waals surface area contributed by atoms with Crippen LogP contribution in [0.4, 0.5) is 10.6 Å². The van der Waals surface area contributed by atoms with Crippen LogP contribution >= 0.6 is 11.3 Å². The molecule has 1 aliphatic heterocycles. The quantitative estimate of drug-likeness (QED) is 0.861. The molecule has 0 aliphatic carbocycles. The van der Waals surface area contributed by atoms with Crippen LogP contribution in [0, 0.1) is 0 Å². The molecule has 2 N–H and O–H groups in total. The molecule has 0 unspecified atom stereocenters. The number of hydrogen-bond acceptors (Lipinski definition) is 5. The van der Waals surface area contributed by atoms with Crippen molar-refractivity contribution in [2.45, 2.75) is 39.2 Å². The zero-order chi connectivity index (χ0) is 17.6. The summed E-state index contributed by atoms with van der Waals surface area (Å²) in [5, 5.41) is 8.52. The number of carbonyl (C=O) groups excluding carboxylic acids is 1. The van der Waals surface area contributed by atoms with Crippen molar-refractivity contribution in [1.82, 2.24) is 20.2 Å². The molecule has 0 radical (unpaired) electrons. The maximum absolute atomic E-state index is 12.3. The molecular formula is C18H25N5OS. The van der Waals surface area contributed by atoms with E-state index in [1.165, 1.54) is 4.88 Å². The second kappa shape index (κ2) is 8.29. The summed E-state index contributed by atoms with van der Waals surface area (Å²) in [6, 6.07) is 4.38. The molecule has 3 rings (SSSR count). The highest BCUT2D eigenvalue weighted by Crippen LogP contribution is 2.20. The van der Waals surface area contributed by atoms with Gasteiger partial charge in [0.15, 0.2) is 0 Å². The Balaban J connectivity index is 1.63. The Morgan fingerprint density at radius 3 is 2.92 bits per heavy atom. The summed E-state index contributed by atoms with van der Waals surface area (Å²) in [6.45, 7) is 6.19. The molecule has 0 atom stereocenters. The molecule has 0 bridgehead atoms. The van der Waals surface area contributed by atoms with Crippen molar-refractivity contribution >= 4 is 23.2 Å². The maximum atomic E-state index is 12.3. The molecule has 0 fully saturated rings.